The molecule has 2 rings (SSSR count). The second-order valence-corrected chi connectivity index (χ2v) is 6.77. The molecule has 1 N–H and O–H groups in total. The van der Waals surface area contributed by atoms with Crippen LogP contribution < -0.4 is 5.32 Å². The summed E-state index contributed by atoms with van der Waals surface area (Å²) in [7, 11) is 4.08. The Morgan fingerprint density at radius 3 is 2.80 bits per heavy atom. The highest BCUT2D eigenvalue weighted by Gasteiger charge is 2.27. The van der Waals surface area contributed by atoms with Crippen LogP contribution in [0, 0.1) is 11.3 Å². The molecule has 6 heteroatoms. The summed E-state index contributed by atoms with van der Waals surface area (Å²) < 4.78 is 5.90. The van der Waals surface area contributed by atoms with Crippen molar-refractivity contribution in [3.63, 3.8) is 0 Å². The first kappa shape index (κ1) is 19.4. The molecule has 1 aromatic carbocycles. The van der Waals surface area contributed by atoms with E-state index < -0.39 is 0 Å². The average Bonchev–Trinajstić information content (AvgIpc) is 2.61. The lowest BCUT2D eigenvalue weighted by Gasteiger charge is -2.35. The first-order valence-electron chi connectivity index (χ1n) is 8.81. The van der Waals surface area contributed by atoms with Crippen LogP contribution in [0.25, 0.3) is 0 Å². The van der Waals surface area contributed by atoms with Gasteiger partial charge in [0, 0.05) is 25.3 Å². The summed E-state index contributed by atoms with van der Waals surface area (Å²) in [5.41, 5.74) is 1.21. The Bertz CT molecular complexity index is 604. The van der Waals surface area contributed by atoms with Gasteiger partial charge >= 0.3 is 0 Å². The van der Waals surface area contributed by atoms with Gasteiger partial charge in [-0.3, -0.25) is 9.69 Å². The number of nitriles is 1. The van der Waals surface area contributed by atoms with Gasteiger partial charge in [-0.2, -0.15) is 5.26 Å². The standard InChI is InChI=1S/C19H28N4O2/c1-15(19(24)21-17-6-4-5-16(13-17)14-20)23-9-7-18(8-10-23)25-12-11-22(2)3/h4-6,13,15,18H,7-12H2,1-3H3,(H,21,24). The molecule has 1 heterocycles. The maximum atomic E-state index is 12.5. The van der Waals surface area contributed by atoms with Crippen molar-refractivity contribution in [1.82, 2.24) is 9.80 Å². The van der Waals surface area contributed by atoms with Gasteiger partial charge in [0.05, 0.1) is 30.4 Å². The third kappa shape index (κ3) is 6.13. The summed E-state index contributed by atoms with van der Waals surface area (Å²) in [4.78, 5) is 16.8. The van der Waals surface area contributed by atoms with Gasteiger partial charge in [0.1, 0.15) is 0 Å². The van der Waals surface area contributed by atoms with E-state index in [4.69, 9.17) is 10.00 Å². The molecule has 1 amide bonds. The highest BCUT2D eigenvalue weighted by molar-refractivity contribution is 5.94. The van der Waals surface area contributed by atoms with Crippen LogP contribution in [0.5, 0.6) is 0 Å². The van der Waals surface area contributed by atoms with Crippen molar-refractivity contribution in [2.24, 2.45) is 0 Å². The molecule has 0 bridgehead atoms. The van der Waals surface area contributed by atoms with Gasteiger partial charge in [-0.1, -0.05) is 6.07 Å². The van der Waals surface area contributed by atoms with Gasteiger partial charge in [0.15, 0.2) is 0 Å². The van der Waals surface area contributed by atoms with E-state index in [1.807, 2.05) is 21.0 Å². The number of likely N-dealkylation sites (N-methyl/N-ethyl adjacent to an activating group) is 1. The Morgan fingerprint density at radius 1 is 1.44 bits per heavy atom. The first-order chi connectivity index (χ1) is 12.0. The Labute approximate surface area is 150 Å². The predicted molar refractivity (Wildman–Crippen MR) is 98.3 cm³/mol. The zero-order valence-corrected chi connectivity index (χ0v) is 15.4. The molecular weight excluding hydrogens is 316 g/mol. The Kier molecular flexibility index (Phi) is 7.38. The maximum absolute atomic E-state index is 12.5. The van der Waals surface area contributed by atoms with E-state index in [-0.39, 0.29) is 11.9 Å². The summed E-state index contributed by atoms with van der Waals surface area (Å²) >= 11 is 0. The van der Waals surface area contributed by atoms with Crippen molar-refractivity contribution in [2.75, 3.05) is 45.7 Å². The maximum Gasteiger partial charge on any atom is 0.241 e. The van der Waals surface area contributed by atoms with E-state index in [1.54, 1.807) is 24.3 Å². The van der Waals surface area contributed by atoms with Gasteiger partial charge in [-0.05, 0) is 52.1 Å². The van der Waals surface area contributed by atoms with Gasteiger partial charge < -0.3 is 15.0 Å². The minimum absolute atomic E-state index is 0.0398. The molecule has 0 saturated carbocycles. The number of hydrogen-bond acceptors (Lipinski definition) is 5. The molecule has 1 aromatic rings. The number of hydrogen-bond donors (Lipinski definition) is 1. The van der Waals surface area contributed by atoms with Crippen molar-refractivity contribution in [3.05, 3.63) is 29.8 Å². The zero-order chi connectivity index (χ0) is 18.2. The number of anilines is 1. The largest absolute Gasteiger partial charge is 0.377 e. The molecule has 1 aliphatic heterocycles. The summed E-state index contributed by atoms with van der Waals surface area (Å²) in [6.07, 6.45) is 2.20. The smallest absolute Gasteiger partial charge is 0.241 e. The highest BCUT2D eigenvalue weighted by atomic mass is 16.5. The van der Waals surface area contributed by atoms with Crippen LogP contribution >= 0.6 is 0 Å². The SMILES string of the molecule is CC(C(=O)Nc1cccc(C#N)c1)N1CCC(OCCN(C)C)CC1. The van der Waals surface area contributed by atoms with E-state index in [9.17, 15) is 4.79 Å². The Balaban J connectivity index is 1.78. The van der Waals surface area contributed by atoms with Crippen LogP contribution in [-0.2, 0) is 9.53 Å². The number of amides is 1. The number of nitrogens with one attached hydrogen (secondary N) is 1. The van der Waals surface area contributed by atoms with E-state index >= 15 is 0 Å². The summed E-state index contributed by atoms with van der Waals surface area (Å²) in [6, 6.07) is 8.87. The molecule has 136 valence electrons. The molecule has 1 aliphatic rings. The number of benzene rings is 1. The van der Waals surface area contributed by atoms with Crippen molar-refractivity contribution < 1.29 is 9.53 Å². The Morgan fingerprint density at radius 2 is 2.16 bits per heavy atom. The van der Waals surface area contributed by atoms with Crippen LogP contribution in [-0.4, -0.2) is 68.2 Å². The normalized spacial score (nSPS) is 17.2. The minimum atomic E-state index is -0.200. The van der Waals surface area contributed by atoms with Crippen LogP contribution in [0.1, 0.15) is 25.3 Å². The number of ether oxygens (including phenoxy) is 1. The van der Waals surface area contributed by atoms with E-state index in [0.717, 1.165) is 39.1 Å². The second-order valence-electron chi connectivity index (χ2n) is 6.77. The van der Waals surface area contributed by atoms with Gasteiger partial charge in [-0.25, -0.2) is 0 Å². The monoisotopic (exact) mass is 344 g/mol. The van der Waals surface area contributed by atoms with Gasteiger partial charge in [-0.15, -0.1) is 0 Å². The zero-order valence-electron chi connectivity index (χ0n) is 15.4. The number of likely N-dealkylation sites (tertiary alicyclic amines) is 1. The van der Waals surface area contributed by atoms with Gasteiger partial charge in [0.25, 0.3) is 0 Å². The number of nitrogens with zero attached hydrogens (tertiary/aromatic N) is 3. The van der Waals surface area contributed by atoms with Crippen LogP contribution in [0.4, 0.5) is 5.69 Å². The molecule has 25 heavy (non-hydrogen) atoms. The molecule has 0 spiro atoms. The first-order valence-corrected chi connectivity index (χ1v) is 8.81. The average molecular weight is 344 g/mol. The second kappa shape index (κ2) is 9.52. The predicted octanol–water partition coefficient (Wildman–Crippen LogP) is 1.93. The lowest BCUT2D eigenvalue weighted by molar-refractivity contribution is -0.121. The lowest BCUT2D eigenvalue weighted by Crippen LogP contribution is -2.47. The van der Waals surface area contributed by atoms with Crippen LogP contribution in [0.2, 0.25) is 0 Å². The number of carbonyl (C=O) groups excluding carboxylic acids is 1. The molecule has 0 radical (unpaired) electrons. The number of rotatable bonds is 7. The Hall–Kier alpha value is -1.94. The molecule has 6 nitrogen and oxygen atoms in total. The molecular formula is C19H28N4O2. The molecule has 1 atom stereocenters. The van der Waals surface area contributed by atoms with Crippen LogP contribution in [0.15, 0.2) is 24.3 Å². The molecule has 0 aliphatic carbocycles. The van der Waals surface area contributed by atoms with E-state index in [2.05, 4.69) is 21.2 Å². The van der Waals surface area contributed by atoms with E-state index in [0.29, 0.717) is 17.4 Å². The molecule has 0 aromatic heterocycles. The fraction of sp³-hybridized carbons (Fsp3) is 0.579. The fourth-order valence-corrected chi connectivity index (χ4v) is 2.91. The quantitative estimate of drug-likeness (QED) is 0.818. The molecule has 1 fully saturated rings. The summed E-state index contributed by atoms with van der Waals surface area (Å²) in [5, 5.41) is 11.8. The minimum Gasteiger partial charge on any atom is -0.377 e. The van der Waals surface area contributed by atoms with Crippen molar-refractivity contribution in [2.45, 2.75) is 31.9 Å². The van der Waals surface area contributed by atoms with Crippen molar-refractivity contribution in [1.29, 1.82) is 5.26 Å². The van der Waals surface area contributed by atoms with E-state index in [1.165, 1.54) is 0 Å². The van der Waals surface area contributed by atoms with Gasteiger partial charge in [0.2, 0.25) is 5.91 Å². The van der Waals surface area contributed by atoms with Crippen molar-refractivity contribution in [3.8, 4) is 6.07 Å². The third-order valence-corrected chi connectivity index (χ3v) is 4.56. The highest BCUT2D eigenvalue weighted by Crippen LogP contribution is 2.17. The third-order valence-electron chi connectivity index (χ3n) is 4.56. The van der Waals surface area contributed by atoms with Crippen LogP contribution in [0.3, 0.4) is 0 Å². The lowest BCUT2D eigenvalue weighted by atomic mass is 10.1. The fourth-order valence-electron chi connectivity index (χ4n) is 2.91. The summed E-state index contributed by atoms with van der Waals surface area (Å²) in [6.45, 7) is 5.33. The topological polar surface area (TPSA) is 68.6 Å². The molecule has 1 saturated heterocycles. The van der Waals surface area contributed by atoms with Crippen molar-refractivity contribution >= 4 is 11.6 Å². The summed E-state index contributed by atoms with van der Waals surface area (Å²) in [5.74, 6) is -0.0398. The molecule has 1 unspecified atom stereocenters. The number of piperidine rings is 1. The number of carbonyl (C=O) groups is 1.